The topological polar surface area (TPSA) is 47.6 Å². The van der Waals surface area contributed by atoms with Crippen LogP contribution in [0.25, 0.3) is 0 Å². The van der Waals surface area contributed by atoms with Gasteiger partial charge < -0.3 is 9.80 Å². The van der Waals surface area contributed by atoms with Gasteiger partial charge in [0.05, 0.1) is 0 Å². The second-order valence-electron chi connectivity index (χ2n) is 10.8. The molecule has 0 bridgehead atoms. The normalized spacial score (nSPS) is 35.1. The minimum atomic E-state index is 0.206. The molecule has 2 N–H and O–H groups in total. The standard InChI is InChI=1S/C26H38N4O/c31-26(30(22-8-9-22)23-10-11-24-21(14-23)16-27-28-24)20-7-6-19-12-13-29(25(19)15-20)17-18-4-2-1-3-5-18/h1-2,4,20-24,27-28H,3,5-17H2/t20-,21?,23?,24?/m0/s1. The van der Waals surface area contributed by atoms with Gasteiger partial charge in [-0.25, -0.2) is 0 Å². The molecule has 1 amide bonds. The van der Waals surface area contributed by atoms with E-state index in [-0.39, 0.29) is 5.92 Å². The van der Waals surface area contributed by atoms with Crippen LogP contribution in [-0.2, 0) is 4.79 Å². The average Bonchev–Trinajstić information content (AvgIpc) is 3.38. The molecule has 0 radical (unpaired) electrons. The van der Waals surface area contributed by atoms with E-state index < -0.39 is 0 Å². The molecule has 3 unspecified atom stereocenters. The third-order valence-electron chi connectivity index (χ3n) is 8.75. The number of hydrazine groups is 1. The Morgan fingerprint density at radius 1 is 1.10 bits per heavy atom. The minimum Gasteiger partial charge on any atom is -0.371 e. The van der Waals surface area contributed by atoms with Gasteiger partial charge in [0.25, 0.3) is 0 Å². The van der Waals surface area contributed by atoms with Gasteiger partial charge >= 0.3 is 0 Å². The molecule has 1 saturated heterocycles. The van der Waals surface area contributed by atoms with Crippen molar-refractivity contribution in [3.63, 3.8) is 0 Å². The van der Waals surface area contributed by atoms with Crippen LogP contribution in [-0.4, -0.2) is 53.5 Å². The highest BCUT2D eigenvalue weighted by Gasteiger charge is 2.45. The summed E-state index contributed by atoms with van der Waals surface area (Å²) < 4.78 is 0. The van der Waals surface area contributed by atoms with Crippen molar-refractivity contribution in [3.05, 3.63) is 35.1 Å². The van der Waals surface area contributed by atoms with Crippen molar-refractivity contribution in [1.82, 2.24) is 20.7 Å². The molecule has 4 aliphatic carbocycles. The first-order valence-corrected chi connectivity index (χ1v) is 12.9. The summed E-state index contributed by atoms with van der Waals surface area (Å²) in [5.74, 6) is 1.39. The van der Waals surface area contributed by atoms with Crippen LogP contribution in [0.4, 0.5) is 0 Å². The summed E-state index contributed by atoms with van der Waals surface area (Å²) in [6.45, 7) is 3.29. The Bertz CT molecular complexity index is 810. The lowest BCUT2D eigenvalue weighted by Crippen LogP contribution is -2.50. The Kier molecular flexibility index (Phi) is 5.43. The number of rotatable bonds is 5. The van der Waals surface area contributed by atoms with Gasteiger partial charge in [0.1, 0.15) is 0 Å². The van der Waals surface area contributed by atoms with Gasteiger partial charge in [-0.3, -0.25) is 15.6 Å². The largest absolute Gasteiger partial charge is 0.371 e. The highest BCUT2D eigenvalue weighted by Crippen LogP contribution is 2.42. The predicted octanol–water partition coefficient (Wildman–Crippen LogP) is 3.66. The molecule has 4 atom stereocenters. The fourth-order valence-corrected chi connectivity index (χ4v) is 6.86. The van der Waals surface area contributed by atoms with Crippen LogP contribution in [0.5, 0.6) is 0 Å². The molecule has 0 aromatic carbocycles. The van der Waals surface area contributed by atoms with Crippen molar-refractivity contribution >= 4 is 5.91 Å². The van der Waals surface area contributed by atoms with Crippen LogP contribution in [0.1, 0.15) is 70.6 Å². The quantitative estimate of drug-likeness (QED) is 0.710. The summed E-state index contributed by atoms with van der Waals surface area (Å²) in [5.41, 5.74) is 11.5. The molecule has 5 heteroatoms. The van der Waals surface area contributed by atoms with Gasteiger partial charge in [-0.1, -0.05) is 23.8 Å². The first-order chi connectivity index (χ1) is 15.3. The maximum Gasteiger partial charge on any atom is 0.226 e. The van der Waals surface area contributed by atoms with Crippen LogP contribution in [0.3, 0.4) is 0 Å². The maximum atomic E-state index is 13.9. The van der Waals surface area contributed by atoms with E-state index >= 15 is 0 Å². The third kappa shape index (κ3) is 4.00. The lowest BCUT2D eigenvalue weighted by molar-refractivity contribution is -0.140. The number of nitrogens with zero attached hydrogens (tertiary/aromatic N) is 2. The summed E-state index contributed by atoms with van der Waals surface area (Å²) in [7, 11) is 0. The zero-order valence-electron chi connectivity index (χ0n) is 18.8. The van der Waals surface area contributed by atoms with Gasteiger partial charge in [-0.05, 0) is 82.1 Å². The monoisotopic (exact) mass is 422 g/mol. The highest BCUT2D eigenvalue weighted by molar-refractivity contribution is 5.80. The van der Waals surface area contributed by atoms with E-state index in [2.05, 4.69) is 38.9 Å². The van der Waals surface area contributed by atoms with Crippen molar-refractivity contribution in [2.24, 2.45) is 11.8 Å². The molecule has 3 fully saturated rings. The SMILES string of the molecule is O=C([C@H]1CCC2=C(C1)N(CC1=CC=CCC1)CC2)N(C1CC1)C1CCC2NNCC2C1. The summed E-state index contributed by atoms with van der Waals surface area (Å²) in [5, 5.41) is 0. The van der Waals surface area contributed by atoms with Gasteiger partial charge in [-0.2, -0.15) is 0 Å². The third-order valence-corrected chi connectivity index (χ3v) is 8.75. The average molecular weight is 423 g/mol. The number of hydrogen-bond donors (Lipinski definition) is 2. The first-order valence-electron chi connectivity index (χ1n) is 12.9. The number of carbonyl (C=O) groups excluding carboxylic acids is 1. The Morgan fingerprint density at radius 2 is 2.00 bits per heavy atom. The van der Waals surface area contributed by atoms with Gasteiger partial charge in [0, 0.05) is 49.4 Å². The van der Waals surface area contributed by atoms with Crippen LogP contribution in [0.2, 0.25) is 0 Å². The first kappa shape index (κ1) is 20.0. The molecule has 168 valence electrons. The van der Waals surface area contributed by atoms with Crippen molar-refractivity contribution in [2.45, 2.75) is 88.8 Å². The van der Waals surface area contributed by atoms with E-state index in [4.69, 9.17) is 0 Å². The van der Waals surface area contributed by atoms with Crippen molar-refractivity contribution in [3.8, 4) is 0 Å². The zero-order chi connectivity index (χ0) is 20.8. The smallest absolute Gasteiger partial charge is 0.226 e. The maximum absolute atomic E-state index is 13.9. The van der Waals surface area contributed by atoms with E-state index in [9.17, 15) is 4.79 Å². The molecule has 6 rings (SSSR count). The van der Waals surface area contributed by atoms with Gasteiger partial charge in [0.15, 0.2) is 0 Å². The number of amides is 1. The van der Waals surface area contributed by atoms with E-state index in [1.807, 2.05) is 0 Å². The van der Waals surface area contributed by atoms with E-state index in [0.717, 1.165) is 38.9 Å². The van der Waals surface area contributed by atoms with Crippen molar-refractivity contribution < 1.29 is 4.79 Å². The predicted molar refractivity (Wildman–Crippen MR) is 123 cm³/mol. The number of allylic oxidation sites excluding steroid dienone is 4. The summed E-state index contributed by atoms with van der Waals surface area (Å²) in [6, 6.07) is 1.62. The van der Waals surface area contributed by atoms with Crippen molar-refractivity contribution in [1.29, 1.82) is 0 Å². The molecule has 2 saturated carbocycles. The molecule has 2 aliphatic heterocycles. The van der Waals surface area contributed by atoms with E-state index in [0.29, 0.717) is 30.0 Å². The zero-order valence-corrected chi connectivity index (χ0v) is 18.8. The molecule has 31 heavy (non-hydrogen) atoms. The number of fused-ring (bicyclic) bond motifs is 1. The Morgan fingerprint density at radius 3 is 2.84 bits per heavy atom. The Hall–Kier alpha value is -1.59. The molecule has 0 aromatic heterocycles. The van der Waals surface area contributed by atoms with Crippen LogP contribution < -0.4 is 10.9 Å². The fraction of sp³-hybridized carbons (Fsp3) is 0.731. The molecular weight excluding hydrogens is 384 g/mol. The highest BCUT2D eigenvalue weighted by atomic mass is 16.2. The van der Waals surface area contributed by atoms with E-state index in [1.54, 1.807) is 11.1 Å². The van der Waals surface area contributed by atoms with Crippen LogP contribution in [0, 0.1) is 11.8 Å². The second kappa shape index (κ2) is 8.40. The molecular formula is C26H38N4O. The summed E-state index contributed by atoms with van der Waals surface area (Å²) in [6.07, 6.45) is 19.6. The molecule has 5 nitrogen and oxygen atoms in total. The second-order valence-corrected chi connectivity index (χ2v) is 10.8. The number of carbonyl (C=O) groups is 1. The Labute approximate surface area is 187 Å². The van der Waals surface area contributed by atoms with E-state index in [1.165, 1.54) is 57.1 Å². The molecule has 6 aliphatic rings. The fourth-order valence-electron chi connectivity index (χ4n) is 6.86. The van der Waals surface area contributed by atoms with Gasteiger partial charge in [-0.15, -0.1) is 0 Å². The lowest BCUT2D eigenvalue weighted by Gasteiger charge is -2.41. The number of nitrogens with one attached hydrogen (secondary N) is 2. The molecule has 0 spiro atoms. The summed E-state index contributed by atoms with van der Waals surface area (Å²) >= 11 is 0. The number of hydrogen-bond acceptors (Lipinski definition) is 4. The van der Waals surface area contributed by atoms with Gasteiger partial charge in [0.2, 0.25) is 5.91 Å². The van der Waals surface area contributed by atoms with Crippen molar-refractivity contribution in [2.75, 3.05) is 19.6 Å². The Balaban J connectivity index is 1.14. The minimum absolute atomic E-state index is 0.206. The van der Waals surface area contributed by atoms with Crippen LogP contribution in [0.15, 0.2) is 35.1 Å². The molecule has 0 aromatic rings. The van der Waals surface area contributed by atoms with Crippen LogP contribution >= 0.6 is 0 Å². The summed E-state index contributed by atoms with van der Waals surface area (Å²) in [4.78, 5) is 18.9. The molecule has 2 heterocycles. The lowest BCUT2D eigenvalue weighted by atomic mass is 9.80.